The zero-order valence-corrected chi connectivity index (χ0v) is 18.3. The molecule has 2 aromatic carbocycles. The van der Waals surface area contributed by atoms with Crippen LogP contribution in [0.25, 0.3) is 22.4 Å². The van der Waals surface area contributed by atoms with Crippen LogP contribution in [0.15, 0.2) is 65.2 Å². The number of ether oxygens (including phenoxy) is 1. The largest absolute Gasteiger partial charge is 0.449 e. The van der Waals surface area contributed by atoms with Gasteiger partial charge in [0.05, 0.1) is 28.0 Å². The summed E-state index contributed by atoms with van der Waals surface area (Å²) in [5.74, 6) is -1.47. The second kappa shape index (κ2) is 9.04. The second-order valence-corrected chi connectivity index (χ2v) is 7.51. The zero-order chi connectivity index (χ0) is 23.5. The lowest BCUT2D eigenvalue weighted by Crippen LogP contribution is -2.30. The molecule has 0 saturated carbocycles. The van der Waals surface area contributed by atoms with Crippen molar-refractivity contribution in [3.8, 4) is 11.3 Å². The number of anilines is 1. The van der Waals surface area contributed by atoms with Crippen LogP contribution in [0.4, 0.5) is 5.69 Å². The molecule has 166 valence electrons. The lowest BCUT2D eigenvalue weighted by atomic mass is 10.1. The molecule has 33 heavy (non-hydrogen) atoms. The molecule has 4 aromatic rings. The summed E-state index contributed by atoms with van der Waals surface area (Å²) in [6, 6.07) is 17.5. The SMILES string of the molecule is CC(=O)c1ccccc1NC(=O)C(C)OC(=O)c1cc(-c2ccccc2)nc2onc(C)c12. The molecule has 0 radical (unpaired) electrons. The van der Waals surface area contributed by atoms with Gasteiger partial charge in [-0.25, -0.2) is 9.78 Å². The number of carbonyl (C=O) groups excluding carboxylic acids is 3. The molecule has 4 rings (SSSR count). The number of amides is 1. The molecule has 0 aliphatic carbocycles. The average Bonchev–Trinajstić information content (AvgIpc) is 3.19. The minimum atomic E-state index is -1.12. The van der Waals surface area contributed by atoms with Gasteiger partial charge in [-0.15, -0.1) is 0 Å². The number of fused-ring (bicyclic) bond motifs is 1. The lowest BCUT2D eigenvalue weighted by Gasteiger charge is -2.15. The Morgan fingerprint density at radius 3 is 2.42 bits per heavy atom. The molecule has 2 heterocycles. The molecule has 0 saturated heterocycles. The number of para-hydroxylation sites is 1. The van der Waals surface area contributed by atoms with Crippen LogP contribution in [0.2, 0.25) is 0 Å². The van der Waals surface area contributed by atoms with Crippen molar-refractivity contribution >= 4 is 34.4 Å². The van der Waals surface area contributed by atoms with Crippen LogP contribution in [-0.4, -0.2) is 33.9 Å². The third kappa shape index (κ3) is 4.50. The van der Waals surface area contributed by atoms with Crippen molar-refractivity contribution in [1.29, 1.82) is 0 Å². The molecule has 8 heteroatoms. The first-order valence-corrected chi connectivity index (χ1v) is 10.3. The fourth-order valence-electron chi connectivity index (χ4n) is 3.42. The molecule has 0 fully saturated rings. The maximum atomic E-state index is 13.1. The van der Waals surface area contributed by atoms with Gasteiger partial charge in [0.2, 0.25) is 0 Å². The molecule has 0 aliphatic rings. The van der Waals surface area contributed by atoms with E-state index in [0.29, 0.717) is 28.0 Å². The van der Waals surface area contributed by atoms with Gasteiger partial charge in [-0.2, -0.15) is 0 Å². The first-order chi connectivity index (χ1) is 15.8. The highest BCUT2D eigenvalue weighted by molar-refractivity contribution is 6.07. The summed E-state index contributed by atoms with van der Waals surface area (Å²) in [6.07, 6.45) is -1.12. The van der Waals surface area contributed by atoms with Gasteiger partial charge in [-0.1, -0.05) is 47.6 Å². The van der Waals surface area contributed by atoms with Crippen LogP contribution >= 0.6 is 0 Å². The smallest absolute Gasteiger partial charge is 0.339 e. The summed E-state index contributed by atoms with van der Waals surface area (Å²) in [5.41, 5.74) is 2.90. The molecule has 8 nitrogen and oxygen atoms in total. The number of nitrogens with zero attached hydrogens (tertiary/aromatic N) is 2. The Balaban J connectivity index is 1.60. The van der Waals surface area contributed by atoms with Gasteiger partial charge in [0, 0.05) is 11.1 Å². The van der Waals surface area contributed by atoms with Gasteiger partial charge in [-0.3, -0.25) is 9.59 Å². The van der Waals surface area contributed by atoms with Crippen molar-refractivity contribution in [1.82, 2.24) is 10.1 Å². The fraction of sp³-hybridized carbons (Fsp3) is 0.160. The highest BCUT2D eigenvalue weighted by Gasteiger charge is 2.25. The van der Waals surface area contributed by atoms with Crippen molar-refractivity contribution in [2.45, 2.75) is 26.9 Å². The number of aryl methyl sites for hydroxylation is 1. The molecule has 1 amide bonds. The zero-order valence-electron chi connectivity index (χ0n) is 18.3. The summed E-state index contributed by atoms with van der Waals surface area (Å²) < 4.78 is 10.7. The normalized spacial score (nSPS) is 11.7. The van der Waals surface area contributed by atoms with Gasteiger partial charge in [0.25, 0.3) is 11.6 Å². The molecular formula is C25H21N3O5. The van der Waals surface area contributed by atoms with E-state index >= 15 is 0 Å². The van der Waals surface area contributed by atoms with Crippen LogP contribution in [0.5, 0.6) is 0 Å². The van der Waals surface area contributed by atoms with Crippen LogP contribution in [0.3, 0.4) is 0 Å². The Hall–Kier alpha value is -4.33. The summed E-state index contributed by atoms with van der Waals surface area (Å²) in [7, 11) is 0. The number of pyridine rings is 1. The van der Waals surface area contributed by atoms with Crippen LogP contribution < -0.4 is 5.32 Å². The van der Waals surface area contributed by atoms with Gasteiger partial charge in [0.15, 0.2) is 11.9 Å². The minimum Gasteiger partial charge on any atom is -0.449 e. The van der Waals surface area contributed by atoms with Crippen LogP contribution in [0, 0.1) is 6.92 Å². The van der Waals surface area contributed by atoms with Crippen molar-refractivity contribution < 1.29 is 23.6 Å². The van der Waals surface area contributed by atoms with Gasteiger partial charge in [-0.05, 0) is 39.0 Å². The number of Topliss-reactive ketones (excluding diaryl/α,β-unsaturated/α-hetero) is 1. The van der Waals surface area contributed by atoms with E-state index < -0.39 is 18.0 Å². The Labute approximate surface area is 189 Å². The van der Waals surface area contributed by atoms with Crippen molar-refractivity contribution in [2.75, 3.05) is 5.32 Å². The van der Waals surface area contributed by atoms with Crippen molar-refractivity contribution in [2.24, 2.45) is 0 Å². The Bertz CT molecular complexity index is 1360. The van der Waals surface area contributed by atoms with Gasteiger partial charge < -0.3 is 14.6 Å². The van der Waals surface area contributed by atoms with Crippen molar-refractivity contribution in [3.05, 3.63) is 77.5 Å². The molecule has 1 atom stereocenters. The summed E-state index contributed by atoms with van der Waals surface area (Å²) in [5, 5.41) is 6.99. The van der Waals surface area contributed by atoms with E-state index in [-0.39, 0.29) is 17.1 Å². The standard InChI is InChI=1S/C25H21N3O5/c1-14-22-19(13-21(27-24(22)33-28-14)17-9-5-4-6-10-17)25(31)32-16(3)23(30)26-20-12-8-7-11-18(20)15(2)29/h4-13,16H,1-3H3,(H,26,30). The van der Waals surface area contributed by atoms with E-state index in [1.54, 1.807) is 37.3 Å². The predicted octanol–water partition coefficient (Wildman–Crippen LogP) is 4.58. The van der Waals surface area contributed by atoms with E-state index in [1.165, 1.54) is 13.8 Å². The number of benzene rings is 2. The number of hydrogen-bond donors (Lipinski definition) is 1. The number of aromatic nitrogens is 2. The lowest BCUT2D eigenvalue weighted by molar-refractivity contribution is -0.123. The highest BCUT2D eigenvalue weighted by Crippen LogP contribution is 2.28. The molecule has 1 N–H and O–H groups in total. The Morgan fingerprint density at radius 1 is 1.00 bits per heavy atom. The fourth-order valence-corrected chi connectivity index (χ4v) is 3.42. The first-order valence-electron chi connectivity index (χ1n) is 10.3. The predicted molar refractivity (Wildman–Crippen MR) is 122 cm³/mol. The van der Waals surface area contributed by atoms with E-state index in [1.807, 2.05) is 30.3 Å². The molecular weight excluding hydrogens is 422 g/mol. The third-order valence-corrected chi connectivity index (χ3v) is 5.12. The number of nitrogens with one attached hydrogen (secondary N) is 1. The number of carbonyl (C=O) groups is 3. The summed E-state index contributed by atoms with van der Waals surface area (Å²) >= 11 is 0. The quantitative estimate of drug-likeness (QED) is 0.343. The van der Waals surface area contributed by atoms with Gasteiger partial charge >= 0.3 is 5.97 Å². The molecule has 2 aromatic heterocycles. The number of ketones is 1. The second-order valence-electron chi connectivity index (χ2n) is 7.51. The van der Waals surface area contributed by atoms with E-state index in [2.05, 4.69) is 15.5 Å². The van der Waals surface area contributed by atoms with Gasteiger partial charge in [0.1, 0.15) is 0 Å². The third-order valence-electron chi connectivity index (χ3n) is 5.12. The number of hydrogen-bond acceptors (Lipinski definition) is 7. The molecule has 0 bridgehead atoms. The topological polar surface area (TPSA) is 111 Å². The van der Waals surface area contributed by atoms with E-state index in [4.69, 9.17) is 9.26 Å². The Kier molecular flexibility index (Phi) is 5.99. The van der Waals surface area contributed by atoms with Crippen LogP contribution in [-0.2, 0) is 9.53 Å². The van der Waals surface area contributed by atoms with E-state index in [0.717, 1.165) is 5.56 Å². The first kappa shape index (κ1) is 21.9. The minimum absolute atomic E-state index is 0.189. The molecule has 0 spiro atoms. The van der Waals surface area contributed by atoms with E-state index in [9.17, 15) is 14.4 Å². The average molecular weight is 443 g/mol. The highest BCUT2D eigenvalue weighted by atomic mass is 16.5. The maximum Gasteiger partial charge on any atom is 0.339 e. The number of rotatable bonds is 6. The van der Waals surface area contributed by atoms with Crippen molar-refractivity contribution in [3.63, 3.8) is 0 Å². The molecule has 1 unspecified atom stereocenters. The maximum absolute atomic E-state index is 13.1. The Morgan fingerprint density at radius 2 is 1.70 bits per heavy atom. The molecule has 0 aliphatic heterocycles. The summed E-state index contributed by atoms with van der Waals surface area (Å²) in [6.45, 7) is 4.57. The number of esters is 1. The van der Waals surface area contributed by atoms with Crippen LogP contribution in [0.1, 0.15) is 40.3 Å². The summed E-state index contributed by atoms with van der Waals surface area (Å²) in [4.78, 5) is 42.0. The monoisotopic (exact) mass is 443 g/mol.